The number of hydrogen-bond acceptors (Lipinski definition) is 2. The first kappa shape index (κ1) is 14.7. The maximum atomic E-state index is 11.4. The molecule has 0 saturated carbocycles. The summed E-state index contributed by atoms with van der Waals surface area (Å²) in [6.07, 6.45) is 0. The number of fused-ring (bicyclic) bond motifs is 1. The van der Waals surface area contributed by atoms with Crippen LogP contribution in [0.15, 0.2) is 40.9 Å². The molecular formula is C15H10BrCl2NO2. The number of ether oxygens (including phenoxy) is 1. The molecule has 3 nitrogen and oxygen atoms in total. The fraction of sp³-hybridized carbons (Fsp3) is 0.133. The van der Waals surface area contributed by atoms with E-state index in [2.05, 4.69) is 21.2 Å². The van der Waals surface area contributed by atoms with Crippen molar-refractivity contribution in [2.45, 2.75) is 5.38 Å². The van der Waals surface area contributed by atoms with Gasteiger partial charge in [0.25, 0.3) is 5.91 Å². The zero-order valence-electron chi connectivity index (χ0n) is 10.7. The Morgan fingerprint density at radius 2 is 2.10 bits per heavy atom. The smallest absolute Gasteiger partial charge is 0.262 e. The molecule has 0 fully saturated rings. The summed E-state index contributed by atoms with van der Waals surface area (Å²) in [5.41, 5.74) is 2.26. The van der Waals surface area contributed by atoms with Crippen LogP contribution in [0.1, 0.15) is 16.5 Å². The molecule has 1 aliphatic rings. The van der Waals surface area contributed by atoms with Crippen molar-refractivity contribution in [3.8, 4) is 5.75 Å². The molecule has 1 unspecified atom stereocenters. The van der Waals surface area contributed by atoms with Crippen molar-refractivity contribution in [3.05, 3.63) is 57.0 Å². The van der Waals surface area contributed by atoms with Crippen LogP contribution in [-0.2, 0) is 4.79 Å². The van der Waals surface area contributed by atoms with Crippen molar-refractivity contribution in [1.82, 2.24) is 0 Å². The molecule has 1 heterocycles. The number of halogens is 3. The standard InChI is InChI=1S/C15H10BrCl2NO2/c16-10-3-1-2-9(15(10)18)14(17)8-4-5-12-11(6-8)19-13(20)7-21-12/h1-6,14H,7H2,(H,19,20). The molecule has 1 amide bonds. The van der Waals surface area contributed by atoms with Gasteiger partial charge in [-0.25, -0.2) is 0 Å². The van der Waals surface area contributed by atoms with Gasteiger partial charge in [-0.1, -0.05) is 29.8 Å². The van der Waals surface area contributed by atoms with E-state index >= 15 is 0 Å². The molecule has 0 aromatic heterocycles. The van der Waals surface area contributed by atoms with Crippen LogP contribution in [-0.4, -0.2) is 12.5 Å². The fourth-order valence-electron chi connectivity index (χ4n) is 2.15. The molecule has 0 saturated heterocycles. The van der Waals surface area contributed by atoms with Crippen molar-refractivity contribution in [3.63, 3.8) is 0 Å². The second kappa shape index (κ2) is 5.87. The maximum absolute atomic E-state index is 11.4. The van der Waals surface area contributed by atoms with Gasteiger partial charge in [0.2, 0.25) is 0 Å². The van der Waals surface area contributed by atoms with Crippen molar-refractivity contribution < 1.29 is 9.53 Å². The summed E-state index contributed by atoms with van der Waals surface area (Å²) in [4.78, 5) is 11.4. The lowest BCUT2D eigenvalue weighted by Crippen LogP contribution is -2.25. The van der Waals surface area contributed by atoms with Gasteiger partial charge in [0.1, 0.15) is 5.75 Å². The van der Waals surface area contributed by atoms with Gasteiger partial charge < -0.3 is 10.1 Å². The molecule has 0 spiro atoms. The third kappa shape index (κ3) is 2.89. The highest BCUT2D eigenvalue weighted by Gasteiger charge is 2.20. The van der Waals surface area contributed by atoms with Gasteiger partial charge >= 0.3 is 0 Å². The third-order valence-corrected chi connectivity index (χ3v) is 4.98. The van der Waals surface area contributed by atoms with Crippen LogP contribution in [0, 0.1) is 0 Å². The van der Waals surface area contributed by atoms with Crippen molar-refractivity contribution in [2.75, 3.05) is 11.9 Å². The second-order valence-corrected chi connectivity index (χ2v) is 6.27. The molecule has 2 aromatic carbocycles. The molecule has 2 aromatic rings. The van der Waals surface area contributed by atoms with Gasteiger partial charge in [-0.05, 0) is 45.3 Å². The topological polar surface area (TPSA) is 38.3 Å². The molecule has 0 radical (unpaired) electrons. The number of anilines is 1. The number of carbonyl (C=O) groups is 1. The van der Waals surface area contributed by atoms with Gasteiger partial charge in [0, 0.05) is 4.47 Å². The summed E-state index contributed by atoms with van der Waals surface area (Å²) < 4.78 is 6.12. The number of amides is 1. The van der Waals surface area contributed by atoms with Gasteiger partial charge in [0.05, 0.1) is 16.1 Å². The largest absolute Gasteiger partial charge is 0.482 e. The zero-order chi connectivity index (χ0) is 15.0. The van der Waals surface area contributed by atoms with E-state index in [1.54, 1.807) is 12.1 Å². The highest BCUT2D eigenvalue weighted by atomic mass is 79.9. The minimum Gasteiger partial charge on any atom is -0.482 e. The zero-order valence-corrected chi connectivity index (χ0v) is 13.8. The summed E-state index contributed by atoms with van der Waals surface area (Å²) in [5, 5.41) is 2.93. The van der Waals surface area contributed by atoms with Crippen LogP contribution in [0.3, 0.4) is 0 Å². The first-order valence-electron chi connectivity index (χ1n) is 6.21. The lowest BCUT2D eigenvalue weighted by atomic mass is 10.0. The summed E-state index contributed by atoms with van der Waals surface area (Å²) in [6, 6.07) is 11.1. The summed E-state index contributed by atoms with van der Waals surface area (Å²) in [6.45, 7) is 0.0358. The van der Waals surface area contributed by atoms with Gasteiger partial charge in [-0.3, -0.25) is 4.79 Å². The van der Waals surface area contributed by atoms with Crippen LogP contribution in [0.4, 0.5) is 5.69 Å². The first-order valence-corrected chi connectivity index (χ1v) is 7.81. The average molecular weight is 387 g/mol. The normalized spacial score (nSPS) is 14.9. The molecule has 3 rings (SSSR count). The Morgan fingerprint density at radius 1 is 1.29 bits per heavy atom. The molecule has 0 bridgehead atoms. The molecule has 1 aliphatic heterocycles. The van der Waals surface area contributed by atoms with E-state index < -0.39 is 5.38 Å². The Morgan fingerprint density at radius 3 is 2.90 bits per heavy atom. The van der Waals surface area contributed by atoms with E-state index in [-0.39, 0.29) is 12.5 Å². The highest BCUT2D eigenvalue weighted by Crippen LogP contribution is 2.39. The molecule has 1 atom stereocenters. The number of alkyl halides is 1. The highest BCUT2D eigenvalue weighted by molar-refractivity contribution is 9.10. The number of carbonyl (C=O) groups excluding carboxylic acids is 1. The van der Waals surface area contributed by atoms with Gasteiger partial charge in [-0.15, -0.1) is 11.6 Å². The summed E-state index contributed by atoms with van der Waals surface area (Å²) >= 11 is 16.2. The fourth-order valence-corrected chi connectivity index (χ4v) is 3.14. The molecule has 21 heavy (non-hydrogen) atoms. The lowest BCUT2D eigenvalue weighted by Gasteiger charge is -2.20. The number of nitrogens with one attached hydrogen (secondary N) is 1. The van der Waals surface area contributed by atoms with E-state index in [1.165, 1.54) is 0 Å². The third-order valence-electron chi connectivity index (χ3n) is 3.18. The van der Waals surface area contributed by atoms with Crippen LogP contribution < -0.4 is 10.1 Å². The van der Waals surface area contributed by atoms with E-state index in [9.17, 15) is 4.79 Å². The maximum Gasteiger partial charge on any atom is 0.262 e. The minimum atomic E-state index is -0.417. The quantitative estimate of drug-likeness (QED) is 0.755. The van der Waals surface area contributed by atoms with Crippen molar-refractivity contribution in [1.29, 1.82) is 0 Å². The Kier molecular flexibility index (Phi) is 4.11. The molecule has 108 valence electrons. The lowest BCUT2D eigenvalue weighted by molar-refractivity contribution is -0.118. The number of benzene rings is 2. The number of hydrogen-bond donors (Lipinski definition) is 1. The molecule has 6 heteroatoms. The van der Waals surface area contributed by atoms with Gasteiger partial charge in [0.15, 0.2) is 6.61 Å². The van der Waals surface area contributed by atoms with Gasteiger partial charge in [-0.2, -0.15) is 0 Å². The van der Waals surface area contributed by atoms with Crippen LogP contribution >= 0.6 is 39.1 Å². The van der Waals surface area contributed by atoms with E-state index in [0.29, 0.717) is 16.5 Å². The minimum absolute atomic E-state index is 0.0358. The van der Waals surface area contributed by atoms with Crippen LogP contribution in [0.2, 0.25) is 5.02 Å². The molecule has 0 aliphatic carbocycles. The Hall–Kier alpha value is -1.23. The van der Waals surface area contributed by atoms with Crippen LogP contribution in [0.5, 0.6) is 5.75 Å². The van der Waals surface area contributed by atoms with E-state index in [1.807, 2.05) is 24.3 Å². The Bertz CT molecular complexity index is 721. The van der Waals surface area contributed by atoms with Crippen LogP contribution in [0.25, 0.3) is 0 Å². The summed E-state index contributed by atoms with van der Waals surface area (Å²) in [7, 11) is 0. The van der Waals surface area contributed by atoms with E-state index in [0.717, 1.165) is 15.6 Å². The Labute approximate surface area is 140 Å². The SMILES string of the molecule is O=C1COc2ccc(C(Cl)c3cccc(Br)c3Cl)cc2N1. The predicted octanol–water partition coefficient (Wildman–Crippen LogP) is 4.76. The predicted molar refractivity (Wildman–Crippen MR) is 87.4 cm³/mol. The molecule has 1 N–H and O–H groups in total. The summed E-state index contributed by atoms with van der Waals surface area (Å²) in [5.74, 6) is 0.466. The van der Waals surface area contributed by atoms with Crippen molar-refractivity contribution in [2.24, 2.45) is 0 Å². The van der Waals surface area contributed by atoms with Crippen molar-refractivity contribution >= 4 is 50.7 Å². The number of rotatable bonds is 2. The monoisotopic (exact) mass is 385 g/mol. The average Bonchev–Trinajstić information content (AvgIpc) is 2.48. The first-order chi connectivity index (χ1) is 10.1. The molecular weight excluding hydrogens is 377 g/mol. The Balaban J connectivity index is 1.98. The second-order valence-electron chi connectivity index (χ2n) is 4.60. The van der Waals surface area contributed by atoms with E-state index in [4.69, 9.17) is 27.9 Å².